The number of piperidine rings is 1. The number of anilines is 3. The third kappa shape index (κ3) is 8.17. The molecule has 1 saturated heterocycles. The average Bonchev–Trinajstić information content (AvgIpc) is 4.02. The van der Waals surface area contributed by atoms with E-state index < -0.39 is 24.0 Å². The quantitative estimate of drug-likeness (QED) is 0.0599. The molecule has 2 unspecified atom stereocenters. The summed E-state index contributed by atoms with van der Waals surface area (Å²) in [5.74, 6) is 0.916. The Hall–Kier alpha value is -6.98. The van der Waals surface area contributed by atoms with Gasteiger partial charge in [0, 0.05) is 66.6 Å². The molecule has 16 nitrogen and oxygen atoms in total. The number of nitrogens with one attached hydrogen (secondary N) is 4. The van der Waals surface area contributed by atoms with Crippen molar-refractivity contribution in [3.05, 3.63) is 113 Å². The number of benzene rings is 3. The van der Waals surface area contributed by atoms with Gasteiger partial charge in [-0.15, -0.1) is 0 Å². The molecule has 6 aliphatic rings. The normalized spacial score (nSPS) is 23.1. The molecule has 6 heterocycles. The Kier molecular flexibility index (Phi) is 11.0. The second-order valence-electron chi connectivity index (χ2n) is 20.4. The second-order valence-corrected chi connectivity index (χ2v) is 21.5. The maximum absolute atomic E-state index is 14.5. The molecule has 13 rings (SSSR count). The van der Waals surface area contributed by atoms with Gasteiger partial charge in [0.2, 0.25) is 17.7 Å². The monoisotopic (exact) mass is 957 g/mol. The third-order valence-corrected chi connectivity index (χ3v) is 16.7. The van der Waals surface area contributed by atoms with Gasteiger partial charge in [0.05, 0.1) is 40.1 Å². The van der Waals surface area contributed by atoms with Gasteiger partial charge in [-0.05, 0) is 135 Å². The summed E-state index contributed by atoms with van der Waals surface area (Å²) in [6.07, 6.45) is 10.1. The van der Waals surface area contributed by atoms with Gasteiger partial charge in [-0.25, -0.2) is 9.97 Å². The highest BCUT2D eigenvalue weighted by Gasteiger charge is 2.51. The van der Waals surface area contributed by atoms with Crippen LogP contribution in [0.5, 0.6) is 0 Å². The second kappa shape index (κ2) is 17.5. The van der Waals surface area contributed by atoms with Gasteiger partial charge in [-0.3, -0.25) is 33.9 Å². The van der Waals surface area contributed by atoms with E-state index in [1.807, 2.05) is 60.8 Å². The van der Waals surface area contributed by atoms with E-state index in [1.165, 1.54) is 49.9 Å². The molecule has 7 aromatic rings. The number of carbonyl (C=O) groups is 4. The number of carbonyl (C=O) groups excluding carboxylic acids is 4. The lowest BCUT2D eigenvalue weighted by Gasteiger charge is -2.56. The number of pyridine rings is 1. The van der Waals surface area contributed by atoms with Crippen LogP contribution in [-0.4, -0.2) is 71.4 Å². The summed E-state index contributed by atoms with van der Waals surface area (Å²) in [6.45, 7) is 3.73. The van der Waals surface area contributed by atoms with Crippen molar-refractivity contribution in [3.8, 4) is 11.1 Å². The van der Waals surface area contributed by atoms with Crippen LogP contribution in [0.25, 0.3) is 32.2 Å². The van der Waals surface area contributed by atoms with E-state index >= 15 is 0 Å². The number of hydrogen-bond acceptors (Lipinski definition) is 12. The highest BCUT2D eigenvalue weighted by atomic mass is 32.1. The molecule has 4 aliphatic carbocycles. The molecule has 0 spiro atoms. The summed E-state index contributed by atoms with van der Waals surface area (Å²) in [5.41, 5.74) is 8.43. The number of aromatic nitrogens is 6. The Balaban J connectivity index is 0.805. The first-order chi connectivity index (χ1) is 33.9. The summed E-state index contributed by atoms with van der Waals surface area (Å²) >= 11 is 1.49. The predicted octanol–water partition coefficient (Wildman–Crippen LogP) is 7.52. The van der Waals surface area contributed by atoms with Crippen LogP contribution in [-0.2, 0) is 40.9 Å². The van der Waals surface area contributed by atoms with Crippen LogP contribution in [0.1, 0.15) is 102 Å². The SMILES string of the molecule is Cc1c(-c2ccc(N3CCc4cccc(C(O)Nc5nc6ccccc6s5)c4C3)nc2C(=O)NCC(=O)Nc2ccc3c(C4CCC(=O)NC4=O)nn(C)c3c2)cnn1CC12CC3CC(CC(C3)C1)C2. The molecule has 5 fully saturated rings. The van der Waals surface area contributed by atoms with Crippen LogP contribution >= 0.6 is 11.3 Å². The highest BCUT2D eigenvalue weighted by Crippen LogP contribution is 2.60. The van der Waals surface area contributed by atoms with Gasteiger partial charge in [0.15, 0.2) is 11.4 Å². The summed E-state index contributed by atoms with van der Waals surface area (Å²) in [5, 5.41) is 34.0. The molecule has 2 atom stereocenters. The Morgan fingerprint density at radius 1 is 0.943 bits per heavy atom. The smallest absolute Gasteiger partial charge is 0.271 e. The van der Waals surface area contributed by atoms with Crippen molar-refractivity contribution >= 4 is 72.7 Å². The Bertz CT molecular complexity index is 3200. The van der Waals surface area contributed by atoms with E-state index in [9.17, 15) is 24.3 Å². The van der Waals surface area contributed by atoms with Crippen molar-refractivity contribution in [2.75, 3.05) is 28.6 Å². The number of aliphatic hydroxyl groups excluding tert-OH is 1. The first kappa shape index (κ1) is 44.2. The number of thiazole rings is 1. The minimum absolute atomic E-state index is 0.191. The third-order valence-electron chi connectivity index (χ3n) is 15.8. The first-order valence-electron chi connectivity index (χ1n) is 24.5. The molecule has 358 valence electrons. The van der Waals surface area contributed by atoms with Crippen LogP contribution in [0.2, 0.25) is 0 Å². The highest BCUT2D eigenvalue weighted by molar-refractivity contribution is 7.22. The molecule has 4 saturated carbocycles. The Morgan fingerprint density at radius 2 is 1.74 bits per heavy atom. The maximum Gasteiger partial charge on any atom is 0.271 e. The number of fused-ring (bicyclic) bond motifs is 3. The first-order valence-corrected chi connectivity index (χ1v) is 25.3. The largest absolute Gasteiger partial charge is 0.369 e. The summed E-state index contributed by atoms with van der Waals surface area (Å²) in [7, 11) is 1.77. The molecule has 70 heavy (non-hydrogen) atoms. The molecule has 0 radical (unpaired) electrons. The molecular formula is C53H55N11O5S. The molecule has 4 aromatic heterocycles. The van der Waals surface area contributed by atoms with Crippen molar-refractivity contribution in [2.24, 2.45) is 30.2 Å². The van der Waals surface area contributed by atoms with Crippen molar-refractivity contribution in [1.82, 2.24) is 40.2 Å². The summed E-state index contributed by atoms with van der Waals surface area (Å²) in [4.78, 5) is 64.5. The fourth-order valence-electron chi connectivity index (χ4n) is 12.9. The molecule has 3 aromatic carbocycles. The number of imide groups is 1. The van der Waals surface area contributed by atoms with E-state index in [0.29, 0.717) is 59.3 Å². The van der Waals surface area contributed by atoms with Gasteiger partial charge in [0.1, 0.15) is 11.5 Å². The lowest BCUT2D eigenvalue weighted by molar-refractivity contribution is -0.134. The van der Waals surface area contributed by atoms with Gasteiger partial charge in [0.25, 0.3) is 5.91 Å². The number of rotatable bonds is 12. The molecule has 17 heteroatoms. The minimum atomic E-state index is -1.00. The maximum atomic E-state index is 14.5. The number of hydrogen-bond donors (Lipinski definition) is 5. The standard InChI is InChI=1S/C53H55N11O5S/c1-29-39(25-55-64(29)28-53-22-30-18-31(23-53)20-32(19-30)24-53)35-12-14-44(63-17-16-33-6-5-7-36(40(33)27-63)49(67)60-52-57-41-8-3-4-9-43(41)70-52)58-48(35)51(69)54-26-46(66)56-34-10-11-37-42(21-34)62(2)61-47(37)38-13-15-45(65)59-50(38)68/h3-12,14,21,25,30-32,38,49,67H,13,15-20,22-24,26-28H2,1-2H3,(H,54,69)(H,56,66)(H,57,60)(H,59,65,68). The van der Waals surface area contributed by atoms with Gasteiger partial charge >= 0.3 is 0 Å². The van der Waals surface area contributed by atoms with Crippen molar-refractivity contribution in [3.63, 3.8) is 0 Å². The van der Waals surface area contributed by atoms with E-state index in [4.69, 9.17) is 10.1 Å². The Labute approximate surface area is 408 Å². The Morgan fingerprint density at radius 3 is 2.53 bits per heavy atom. The number of aryl methyl sites for hydroxylation is 1. The zero-order valence-electron chi connectivity index (χ0n) is 39.2. The molecular weight excluding hydrogens is 903 g/mol. The molecule has 2 aliphatic heterocycles. The van der Waals surface area contributed by atoms with E-state index in [2.05, 4.69) is 53.9 Å². The van der Waals surface area contributed by atoms with Crippen molar-refractivity contribution in [2.45, 2.75) is 89.9 Å². The van der Waals surface area contributed by atoms with Crippen molar-refractivity contribution in [1.29, 1.82) is 0 Å². The fraction of sp³-hybridized carbons (Fsp3) is 0.396. The molecule has 5 N–H and O–H groups in total. The van der Waals surface area contributed by atoms with Crippen LogP contribution < -0.4 is 26.2 Å². The molecule has 4 amide bonds. The zero-order valence-corrected chi connectivity index (χ0v) is 40.0. The number of amides is 4. The minimum Gasteiger partial charge on any atom is -0.369 e. The van der Waals surface area contributed by atoms with Crippen LogP contribution in [0.15, 0.2) is 79.0 Å². The predicted molar refractivity (Wildman–Crippen MR) is 267 cm³/mol. The summed E-state index contributed by atoms with van der Waals surface area (Å²) in [6, 6.07) is 23.1. The zero-order chi connectivity index (χ0) is 47.8. The van der Waals surface area contributed by atoms with Crippen LogP contribution in [0.3, 0.4) is 0 Å². The van der Waals surface area contributed by atoms with Crippen LogP contribution in [0, 0.1) is 30.1 Å². The van der Waals surface area contributed by atoms with Gasteiger partial charge in [-0.1, -0.05) is 41.7 Å². The van der Waals surface area contributed by atoms with Gasteiger partial charge in [-0.2, -0.15) is 10.2 Å². The van der Waals surface area contributed by atoms with E-state index in [0.717, 1.165) is 67.8 Å². The number of para-hydroxylation sites is 1. The average molecular weight is 958 g/mol. The van der Waals surface area contributed by atoms with E-state index in [1.54, 1.807) is 23.9 Å². The topological polar surface area (TPSA) is 201 Å². The van der Waals surface area contributed by atoms with Crippen molar-refractivity contribution < 1.29 is 24.3 Å². The summed E-state index contributed by atoms with van der Waals surface area (Å²) < 4.78 is 4.84. The van der Waals surface area contributed by atoms with E-state index in [-0.39, 0.29) is 35.9 Å². The fourth-order valence-corrected chi connectivity index (χ4v) is 13.8. The number of nitrogens with zero attached hydrogens (tertiary/aromatic N) is 7. The number of aliphatic hydroxyl groups is 1. The van der Waals surface area contributed by atoms with Gasteiger partial charge < -0.3 is 26.0 Å². The van der Waals surface area contributed by atoms with Crippen LogP contribution in [0.4, 0.5) is 16.6 Å². The molecule has 4 bridgehead atoms. The lowest BCUT2D eigenvalue weighted by Crippen LogP contribution is -2.48. The lowest BCUT2D eigenvalue weighted by atomic mass is 9.49.